The second-order valence-electron chi connectivity index (χ2n) is 5.15. The van der Waals surface area contributed by atoms with E-state index in [-0.39, 0.29) is 11.5 Å². The van der Waals surface area contributed by atoms with Crippen LogP contribution in [0.4, 0.5) is 5.69 Å². The van der Waals surface area contributed by atoms with Gasteiger partial charge in [0.15, 0.2) is 6.61 Å². The van der Waals surface area contributed by atoms with Crippen molar-refractivity contribution in [3.8, 4) is 5.75 Å². The van der Waals surface area contributed by atoms with E-state index in [1.54, 1.807) is 6.07 Å². The summed E-state index contributed by atoms with van der Waals surface area (Å²) >= 11 is 0. The molecule has 0 atom stereocenters. The molecule has 7 heteroatoms. The van der Waals surface area contributed by atoms with Crippen LogP contribution in [-0.2, 0) is 14.8 Å². The Morgan fingerprint density at radius 2 is 1.78 bits per heavy atom. The van der Waals surface area contributed by atoms with E-state index < -0.39 is 15.9 Å². The second-order valence-corrected chi connectivity index (χ2v) is 6.83. The molecule has 122 valence electrons. The van der Waals surface area contributed by atoms with Crippen molar-refractivity contribution in [3.63, 3.8) is 0 Å². The van der Waals surface area contributed by atoms with Gasteiger partial charge in [-0.25, -0.2) is 8.42 Å². The molecule has 0 aromatic heterocycles. The maximum absolute atomic E-state index is 12.4. The summed E-state index contributed by atoms with van der Waals surface area (Å²) in [6.07, 6.45) is 0. The molecule has 23 heavy (non-hydrogen) atoms. The number of nitrogens with one attached hydrogen (secondary N) is 1. The molecule has 0 bridgehead atoms. The Labute approximate surface area is 135 Å². The van der Waals surface area contributed by atoms with Crippen LogP contribution in [0.25, 0.3) is 0 Å². The Bertz CT molecular complexity index is 814. The van der Waals surface area contributed by atoms with Gasteiger partial charge in [-0.1, -0.05) is 17.7 Å². The predicted molar refractivity (Wildman–Crippen MR) is 87.9 cm³/mol. The quantitative estimate of drug-likeness (QED) is 0.843. The Kier molecular flexibility index (Phi) is 4.90. The van der Waals surface area contributed by atoms with Crippen molar-refractivity contribution < 1.29 is 17.9 Å². The lowest BCUT2D eigenvalue weighted by atomic mass is 10.1. The highest BCUT2D eigenvalue weighted by atomic mass is 32.2. The maximum atomic E-state index is 12.4. The molecule has 0 unspecified atom stereocenters. The molecule has 1 amide bonds. The van der Waals surface area contributed by atoms with Crippen LogP contribution in [0.15, 0.2) is 47.4 Å². The highest BCUT2D eigenvalue weighted by molar-refractivity contribution is 7.92. The summed E-state index contributed by atoms with van der Waals surface area (Å²) < 4.78 is 32.4. The van der Waals surface area contributed by atoms with Crippen molar-refractivity contribution in [2.45, 2.75) is 18.7 Å². The minimum atomic E-state index is -3.69. The van der Waals surface area contributed by atoms with Crippen molar-refractivity contribution >= 4 is 21.6 Å². The fraction of sp³-hybridized carbons (Fsp3) is 0.188. The zero-order chi connectivity index (χ0) is 17.0. The standard InChI is InChI=1S/C16H18N2O4S/c1-11-3-8-15(12(2)9-11)18-23(20,21)14-6-4-13(5-7-14)22-10-16(17)19/h3-9,18H,10H2,1-2H3,(H2,17,19). The van der Waals surface area contributed by atoms with Gasteiger partial charge in [-0.15, -0.1) is 0 Å². The van der Waals surface area contributed by atoms with Crippen LogP contribution < -0.4 is 15.2 Å². The van der Waals surface area contributed by atoms with Gasteiger partial charge in [0, 0.05) is 0 Å². The number of carbonyl (C=O) groups is 1. The molecule has 0 aliphatic heterocycles. The summed E-state index contributed by atoms with van der Waals surface area (Å²) in [6, 6.07) is 11.2. The smallest absolute Gasteiger partial charge is 0.261 e. The average molecular weight is 334 g/mol. The average Bonchev–Trinajstić information content (AvgIpc) is 2.48. The van der Waals surface area contributed by atoms with Gasteiger partial charge in [0.05, 0.1) is 10.6 Å². The number of ether oxygens (including phenoxy) is 1. The number of amides is 1. The number of nitrogens with two attached hydrogens (primary N) is 1. The van der Waals surface area contributed by atoms with Crippen LogP contribution >= 0.6 is 0 Å². The van der Waals surface area contributed by atoms with E-state index in [1.807, 2.05) is 26.0 Å². The monoisotopic (exact) mass is 334 g/mol. The van der Waals surface area contributed by atoms with Crippen LogP contribution in [0.5, 0.6) is 5.75 Å². The summed E-state index contributed by atoms with van der Waals surface area (Å²) in [4.78, 5) is 10.8. The molecule has 6 nitrogen and oxygen atoms in total. The molecule has 3 N–H and O–H groups in total. The molecule has 0 heterocycles. The van der Waals surface area contributed by atoms with Crippen molar-refractivity contribution in [1.29, 1.82) is 0 Å². The number of hydrogen-bond donors (Lipinski definition) is 2. The van der Waals surface area contributed by atoms with Gasteiger partial charge in [0.2, 0.25) is 0 Å². The number of rotatable bonds is 6. The lowest BCUT2D eigenvalue weighted by Gasteiger charge is -2.11. The van der Waals surface area contributed by atoms with Crippen LogP contribution in [0.3, 0.4) is 0 Å². The summed E-state index contributed by atoms with van der Waals surface area (Å²) in [6.45, 7) is 3.52. The molecular weight excluding hydrogens is 316 g/mol. The third-order valence-corrected chi connectivity index (χ3v) is 4.52. The van der Waals surface area contributed by atoms with E-state index >= 15 is 0 Å². The van der Waals surface area contributed by atoms with Gasteiger partial charge in [-0.3, -0.25) is 9.52 Å². The normalized spacial score (nSPS) is 11.0. The van der Waals surface area contributed by atoms with Gasteiger partial charge in [0.1, 0.15) is 5.75 Å². The lowest BCUT2D eigenvalue weighted by molar-refractivity contribution is -0.119. The first-order chi connectivity index (χ1) is 10.8. The van der Waals surface area contributed by atoms with Crippen molar-refractivity contribution in [1.82, 2.24) is 0 Å². The fourth-order valence-electron chi connectivity index (χ4n) is 2.00. The third-order valence-electron chi connectivity index (χ3n) is 3.14. The molecule has 2 aromatic rings. The van der Waals surface area contributed by atoms with E-state index in [0.29, 0.717) is 11.4 Å². The Morgan fingerprint density at radius 3 is 2.35 bits per heavy atom. The molecule has 0 radical (unpaired) electrons. The zero-order valence-electron chi connectivity index (χ0n) is 12.9. The number of anilines is 1. The molecule has 0 aliphatic carbocycles. The molecule has 0 saturated carbocycles. The van der Waals surface area contributed by atoms with E-state index in [2.05, 4.69) is 4.72 Å². The molecular formula is C16H18N2O4S. The van der Waals surface area contributed by atoms with Crippen molar-refractivity contribution in [2.75, 3.05) is 11.3 Å². The van der Waals surface area contributed by atoms with E-state index in [9.17, 15) is 13.2 Å². The highest BCUT2D eigenvalue weighted by Gasteiger charge is 2.15. The first-order valence-electron chi connectivity index (χ1n) is 6.89. The van der Waals surface area contributed by atoms with Gasteiger partial charge in [0.25, 0.3) is 15.9 Å². The molecule has 0 spiro atoms. The summed E-state index contributed by atoms with van der Waals surface area (Å²) in [5, 5.41) is 0. The first kappa shape index (κ1) is 16.8. The number of aryl methyl sites for hydroxylation is 2. The molecule has 0 aliphatic rings. The maximum Gasteiger partial charge on any atom is 0.261 e. The zero-order valence-corrected chi connectivity index (χ0v) is 13.7. The molecule has 0 saturated heterocycles. The van der Waals surface area contributed by atoms with Crippen molar-refractivity contribution in [3.05, 3.63) is 53.6 Å². The minimum Gasteiger partial charge on any atom is -0.484 e. The van der Waals surface area contributed by atoms with Gasteiger partial charge >= 0.3 is 0 Å². The van der Waals surface area contributed by atoms with Gasteiger partial charge < -0.3 is 10.5 Å². The summed E-state index contributed by atoms with van der Waals surface area (Å²) in [5.41, 5.74) is 7.41. The number of benzene rings is 2. The second kappa shape index (κ2) is 6.70. The van der Waals surface area contributed by atoms with Gasteiger partial charge in [-0.2, -0.15) is 0 Å². The number of primary amides is 1. The van der Waals surface area contributed by atoms with E-state index in [0.717, 1.165) is 11.1 Å². The van der Waals surface area contributed by atoms with E-state index in [1.165, 1.54) is 24.3 Å². The summed E-state index contributed by atoms with van der Waals surface area (Å²) in [7, 11) is -3.69. The lowest BCUT2D eigenvalue weighted by Crippen LogP contribution is -2.20. The Balaban J connectivity index is 2.17. The fourth-order valence-corrected chi connectivity index (χ4v) is 3.13. The topological polar surface area (TPSA) is 98.5 Å². The van der Waals surface area contributed by atoms with Crippen LogP contribution in [0.2, 0.25) is 0 Å². The minimum absolute atomic E-state index is 0.101. The molecule has 0 fully saturated rings. The third kappa shape index (κ3) is 4.46. The summed E-state index contributed by atoms with van der Waals surface area (Å²) in [5.74, 6) is -0.229. The number of hydrogen-bond acceptors (Lipinski definition) is 4. The Hall–Kier alpha value is -2.54. The van der Waals surface area contributed by atoms with Crippen LogP contribution in [-0.4, -0.2) is 20.9 Å². The predicted octanol–water partition coefficient (Wildman–Crippen LogP) is 1.97. The van der Waals surface area contributed by atoms with Crippen LogP contribution in [0.1, 0.15) is 11.1 Å². The number of carbonyl (C=O) groups excluding carboxylic acids is 1. The molecule has 2 aromatic carbocycles. The Morgan fingerprint density at radius 1 is 1.13 bits per heavy atom. The molecule has 2 rings (SSSR count). The van der Waals surface area contributed by atoms with Crippen LogP contribution in [0, 0.1) is 13.8 Å². The largest absolute Gasteiger partial charge is 0.484 e. The SMILES string of the molecule is Cc1ccc(NS(=O)(=O)c2ccc(OCC(N)=O)cc2)c(C)c1. The van der Waals surface area contributed by atoms with E-state index in [4.69, 9.17) is 10.5 Å². The first-order valence-corrected chi connectivity index (χ1v) is 8.37. The van der Waals surface area contributed by atoms with Gasteiger partial charge in [-0.05, 0) is 49.7 Å². The highest BCUT2D eigenvalue weighted by Crippen LogP contribution is 2.22. The van der Waals surface area contributed by atoms with Crippen molar-refractivity contribution in [2.24, 2.45) is 5.73 Å². The number of sulfonamides is 1.